The van der Waals surface area contributed by atoms with Gasteiger partial charge in [-0.25, -0.2) is 9.38 Å². The Labute approximate surface area is 170 Å². The number of ether oxygens (including phenoxy) is 2. The summed E-state index contributed by atoms with van der Waals surface area (Å²) < 4.78 is 24.8. The lowest BCUT2D eigenvalue weighted by Gasteiger charge is -2.35. The number of nitrogens with zero attached hydrogens (tertiary/aromatic N) is 2. The van der Waals surface area contributed by atoms with Crippen molar-refractivity contribution in [2.24, 2.45) is 4.99 Å². The van der Waals surface area contributed by atoms with Gasteiger partial charge >= 0.3 is 0 Å². The smallest absolute Gasteiger partial charge is 0.208 e. The van der Waals surface area contributed by atoms with E-state index in [1.807, 2.05) is 25.1 Å². The predicted octanol–water partition coefficient (Wildman–Crippen LogP) is 4.94. The molecule has 0 spiro atoms. The number of aliphatic imine (C=N–C) groups is 1. The van der Waals surface area contributed by atoms with Crippen molar-refractivity contribution >= 4 is 11.6 Å². The molecule has 1 fully saturated rings. The molecule has 4 rings (SSSR count). The third-order valence-corrected chi connectivity index (χ3v) is 5.37. The first-order chi connectivity index (χ1) is 14.0. The minimum absolute atomic E-state index is 0.123. The molecular formula is C23H24FN3O2. The molecule has 1 unspecified atom stereocenters. The van der Waals surface area contributed by atoms with Crippen LogP contribution in [0.3, 0.4) is 0 Å². The highest BCUT2D eigenvalue weighted by Gasteiger charge is 2.39. The van der Waals surface area contributed by atoms with Crippen molar-refractivity contribution in [3.63, 3.8) is 0 Å². The summed E-state index contributed by atoms with van der Waals surface area (Å²) >= 11 is 0. The third-order valence-electron chi connectivity index (χ3n) is 5.37. The Morgan fingerprint density at radius 2 is 1.93 bits per heavy atom. The van der Waals surface area contributed by atoms with E-state index in [1.54, 1.807) is 13.2 Å². The second kappa shape index (κ2) is 7.62. The monoisotopic (exact) mass is 393 g/mol. The van der Waals surface area contributed by atoms with Crippen LogP contribution in [0.4, 0.5) is 10.1 Å². The number of hydrogen-bond donors (Lipinski definition) is 1. The van der Waals surface area contributed by atoms with Gasteiger partial charge in [-0.05, 0) is 37.0 Å². The van der Waals surface area contributed by atoms with Crippen LogP contribution in [0.1, 0.15) is 30.0 Å². The molecule has 150 valence electrons. The van der Waals surface area contributed by atoms with Gasteiger partial charge in [0.15, 0.2) is 17.3 Å². The molecule has 0 bridgehead atoms. The summed E-state index contributed by atoms with van der Waals surface area (Å²) in [6.45, 7) is 5.93. The molecule has 29 heavy (non-hydrogen) atoms. The number of methoxy groups -OCH3 is 2. The molecule has 2 heterocycles. The van der Waals surface area contributed by atoms with E-state index in [9.17, 15) is 4.39 Å². The Kier molecular flexibility index (Phi) is 5.01. The highest BCUT2D eigenvalue weighted by atomic mass is 19.1. The van der Waals surface area contributed by atoms with E-state index in [0.29, 0.717) is 17.3 Å². The number of aryl methyl sites for hydroxylation is 1. The van der Waals surface area contributed by atoms with E-state index in [1.165, 1.54) is 18.7 Å². The minimum Gasteiger partial charge on any atom is -0.494 e. The lowest BCUT2D eigenvalue weighted by Crippen LogP contribution is -2.44. The number of allylic oxidation sites excluding steroid dienone is 1. The van der Waals surface area contributed by atoms with E-state index >= 15 is 0 Å². The minimum atomic E-state index is -0.402. The molecular weight excluding hydrogens is 369 g/mol. The Morgan fingerprint density at radius 3 is 2.62 bits per heavy atom. The topological polar surface area (TPSA) is 46.1 Å². The maximum atomic E-state index is 14.0. The number of guanidine groups is 1. The zero-order valence-corrected chi connectivity index (χ0v) is 16.8. The number of benzene rings is 2. The van der Waals surface area contributed by atoms with Gasteiger partial charge in [-0.2, -0.15) is 0 Å². The fraction of sp³-hybridized carbons (Fsp3) is 0.261. The average Bonchev–Trinajstić information content (AvgIpc) is 3.16. The zero-order valence-electron chi connectivity index (χ0n) is 16.8. The Bertz CT molecular complexity index is 1010. The molecule has 5 nitrogen and oxygen atoms in total. The molecule has 0 aromatic heterocycles. The van der Waals surface area contributed by atoms with Crippen LogP contribution in [0.15, 0.2) is 71.2 Å². The molecule has 2 aliphatic heterocycles. The van der Waals surface area contributed by atoms with Gasteiger partial charge in [-0.15, -0.1) is 0 Å². The highest BCUT2D eigenvalue weighted by Crippen LogP contribution is 2.43. The third kappa shape index (κ3) is 3.35. The number of halogens is 1. The summed E-state index contributed by atoms with van der Waals surface area (Å²) in [6, 6.07) is 13.5. The van der Waals surface area contributed by atoms with Crippen LogP contribution in [0.5, 0.6) is 5.75 Å². The maximum absolute atomic E-state index is 14.0. The van der Waals surface area contributed by atoms with Crippen molar-refractivity contribution in [2.75, 3.05) is 14.2 Å². The van der Waals surface area contributed by atoms with Gasteiger partial charge in [0.1, 0.15) is 0 Å². The van der Waals surface area contributed by atoms with Gasteiger partial charge in [0.25, 0.3) is 0 Å². The summed E-state index contributed by atoms with van der Waals surface area (Å²) in [7, 11) is 3.10. The van der Waals surface area contributed by atoms with Crippen molar-refractivity contribution < 1.29 is 13.9 Å². The molecule has 6 heteroatoms. The van der Waals surface area contributed by atoms with Gasteiger partial charge in [0.05, 0.1) is 37.3 Å². The lowest BCUT2D eigenvalue weighted by molar-refractivity contribution is 0.271. The van der Waals surface area contributed by atoms with E-state index in [0.717, 1.165) is 29.9 Å². The fourth-order valence-corrected chi connectivity index (χ4v) is 3.98. The number of hydrogen-bond acceptors (Lipinski definition) is 3. The van der Waals surface area contributed by atoms with E-state index in [2.05, 4.69) is 28.9 Å². The Morgan fingerprint density at radius 1 is 1.17 bits per heavy atom. The highest BCUT2D eigenvalue weighted by molar-refractivity contribution is 5.89. The standard InChI is InChI=1S/C23H24FN3O2/c1-14-12-17(24)21(28-3)13-18(14)26-23-25-15(2)22(29-4)20-11-10-19(27(20)23)16-8-6-5-7-9-16/h5-9,12-13,19H,2,10-11H2,1,3-4H3,(H,25,26). The van der Waals surface area contributed by atoms with Crippen molar-refractivity contribution in [3.05, 3.63) is 83.1 Å². The molecule has 0 saturated carbocycles. The molecule has 0 radical (unpaired) electrons. The maximum Gasteiger partial charge on any atom is 0.208 e. The van der Waals surface area contributed by atoms with Gasteiger partial charge in [-0.3, -0.25) is 0 Å². The second-order valence-corrected chi connectivity index (χ2v) is 7.13. The summed E-state index contributed by atoms with van der Waals surface area (Å²) in [5.41, 5.74) is 4.28. The van der Waals surface area contributed by atoms with Crippen LogP contribution in [-0.2, 0) is 4.74 Å². The quantitative estimate of drug-likeness (QED) is 0.799. The summed E-state index contributed by atoms with van der Waals surface area (Å²) in [5, 5.41) is 3.28. The molecule has 2 aliphatic rings. The van der Waals surface area contributed by atoms with Gasteiger partial charge in [0, 0.05) is 6.07 Å². The lowest BCUT2D eigenvalue weighted by atomic mass is 10.1. The zero-order chi connectivity index (χ0) is 20.5. The number of rotatable bonds is 4. The molecule has 1 N–H and O–H groups in total. The van der Waals surface area contributed by atoms with Crippen molar-refractivity contribution in [1.29, 1.82) is 0 Å². The molecule has 2 aromatic carbocycles. The van der Waals surface area contributed by atoms with Crippen LogP contribution >= 0.6 is 0 Å². The summed E-state index contributed by atoms with van der Waals surface area (Å²) in [4.78, 5) is 7.00. The van der Waals surface area contributed by atoms with Crippen LogP contribution in [-0.4, -0.2) is 25.1 Å². The summed E-state index contributed by atoms with van der Waals surface area (Å²) in [6.07, 6.45) is 1.79. The predicted molar refractivity (Wildman–Crippen MR) is 111 cm³/mol. The normalized spacial score (nSPS) is 20.0. The van der Waals surface area contributed by atoms with E-state index in [4.69, 9.17) is 14.5 Å². The molecule has 0 aliphatic carbocycles. The largest absolute Gasteiger partial charge is 0.494 e. The molecule has 0 amide bonds. The van der Waals surface area contributed by atoms with Crippen molar-refractivity contribution in [2.45, 2.75) is 25.8 Å². The molecule has 1 atom stereocenters. The van der Waals surface area contributed by atoms with Crippen molar-refractivity contribution in [1.82, 2.24) is 10.2 Å². The number of fused-ring (bicyclic) bond motifs is 1. The van der Waals surface area contributed by atoms with Crippen LogP contribution in [0, 0.1) is 12.7 Å². The Balaban J connectivity index is 1.84. The van der Waals surface area contributed by atoms with Crippen LogP contribution in [0.25, 0.3) is 0 Å². The van der Waals surface area contributed by atoms with Gasteiger partial charge < -0.3 is 19.7 Å². The first-order valence-electron chi connectivity index (χ1n) is 9.54. The SMILES string of the molecule is C=C1NC(=Nc2cc(OC)c(F)cc2C)N2C(=C1OC)CCC2c1ccccc1. The molecule has 2 aromatic rings. The van der Waals surface area contributed by atoms with Crippen molar-refractivity contribution in [3.8, 4) is 5.75 Å². The van der Waals surface area contributed by atoms with E-state index < -0.39 is 5.82 Å². The average molecular weight is 393 g/mol. The summed E-state index contributed by atoms with van der Waals surface area (Å²) in [5.74, 6) is 1.16. The van der Waals surface area contributed by atoms with Crippen LogP contribution in [0.2, 0.25) is 0 Å². The van der Waals surface area contributed by atoms with Gasteiger partial charge in [0.2, 0.25) is 5.96 Å². The van der Waals surface area contributed by atoms with Crippen LogP contribution < -0.4 is 10.1 Å². The van der Waals surface area contributed by atoms with E-state index in [-0.39, 0.29) is 11.8 Å². The first kappa shape index (κ1) is 19.1. The second-order valence-electron chi connectivity index (χ2n) is 7.13. The number of nitrogens with one attached hydrogen (secondary N) is 1. The van der Waals surface area contributed by atoms with Gasteiger partial charge in [-0.1, -0.05) is 36.9 Å². The molecule has 1 saturated heterocycles. The first-order valence-corrected chi connectivity index (χ1v) is 9.54. The fourth-order valence-electron chi connectivity index (χ4n) is 3.98. The Hall–Kier alpha value is -3.28.